The minimum absolute atomic E-state index is 0.249. The lowest BCUT2D eigenvalue weighted by molar-refractivity contribution is 0.0607. The lowest BCUT2D eigenvalue weighted by atomic mass is 10.0. The number of aryl methyl sites for hydroxylation is 1. The van der Waals surface area contributed by atoms with E-state index in [-0.39, 0.29) is 5.59 Å². The number of esters is 1. The Kier molecular flexibility index (Phi) is 2.29. The van der Waals surface area contributed by atoms with Gasteiger partial charge in [0.25, 0.3) is 0 Å². The molecule has 0 unspecified atom stereocenters. The smallest absolute Gasteiger partial charge is 0.349 e. The van der Waals surface area contributed by atoms with Gasteiger partial charge in [-0.1, -0.05) is 0 Å². The number of nitrogens with zero attached hydrogens (tertiary/aromatic N) is 1. The van der Waals surface area contributed by atoms with Crippen LogP contribution in [-0.4, -0.2) is 25.9 Å². The molecule has 0 saturated carbocycles. The van der Waals surface area contributed by atoms with Crippen molar-refractivity contribution in [3.8, 4) is 0 Å². The van der Waals surface area contributed by atoms with Crippen molar-refractivity contribution in [2.45, 2.75) is 6.92 Å². The van der Waals surface area contributed by atoms with Crippen LogP contribution < -0.4 is 5.59 Å². The second kappa shape index (κ2) is 3.05. The highest BCUT2D eigenvalue weighted by Crippen LogP contribution is 2.09. The topological polar surface area (TPSA) is 39.2 Å². The van der Waals surface area contributed by atoms with Crippen LogP contribution in [0.15, 0.2) is 0 Å². The Balaban J connectivity index is 3.03. The summed E-state index contributed by atoms with van der Waals surface area (Å²) in [4.78, 5) is 15.2. The number of ether oxygens (including phenoxy) is 1. The predicted molar refractivity (Wildman–Crippen MR) is 43.6 cm³/mol. The highest BCUT2D eigenvalue weighted by molar-refractivity contribution is 7.14. The second-order valence-electron chi connectivity index (χ2n) is 1.94. The van der Waals surface area contributed by atoms with Gasteiger partial charge >= 0.3 is 5.97 Å². The van der Waals surface area contributed by atoms with Crippen molar-refractivity contribution in [3.05, 3.63) is 9.88 Å². The maximum atomic E-state index is 10.9. The highest BCUT2D eigenvalue weighted by Gasteiger charge is 2.12. The van der Waals surface area contributed by atoms with Gasteiger partial charge in [0, 0.05) is 5.59 Å². The molecule has 0 saturated heterocycles. The van der Waals surface area contributed by atoms with Gasteiger partial charge in [-0.3, -0.25) is 4.98 Å². The Labute approximate surface area is 69.8 Å². The third-order valence-corrected chi connectivity index (χ3v) is 2.10. The molecule has 5 heteroatoms. The minimum Gasteiger partial charge on any atom is -0.465 e. The van der Waals surface area contributed by atoms with Crippen molar-refractivity contribution < 1.29 is 9.53 Å². The summed E-state index contributed by atoms with van der Waals surface area (Å²) in [6, 6.07) is 0. The number of hydrogen-bond donors (Lipinski definition) is 0. The summed E-state index contributed by atoms with van der Waals surface area (Å²) in [6.45, 7) is 1.79. The van der Waals surface area contributed by atoms with Gasteiger partial charge in [0.15, 0.2) is 0 Å². The Hall–Kier alpha value is -0.835. The van der Waals surface area contributed by atoms with Crippen molar-refractivity contribution >= 4 is 30.7 Å². The van der Waals surface area contributed by atoms with Crippen LogP contribution in [0.2, 0.25) is 0 Å². The fourth-order valence-electron chi connectivity index (χ4n) is 0.682. The van der Waals surface area contributed by atoms with Gasteiger partial charge in [0.1, 0.15) is 12.7 Å². The molecule has 1 aromatic rings. The molecule has 1 heterocycles. The number of carbonyl (C=O) groups is 1. The van der Waals surface area contributed by atoms with Crippen LogP contribution in [0.25, 0.3) is 0 Å². The third kappa shape index (κ3) is 1.60. The molecule has 0 aliphatic heterocycles. The number of aromatic nitrogens is 1. The minimum atomic E-state index is -0.423. The van der Waals surface area contributed by atoms with Gasteiger partial charge in [-0.2, -0.15) is 0 Å². The fraction of sp³-hybridized carbons (Fsp3) is 0.333. The van der Waals surface area contributed by atoms with Gasteiger partial charge in [-0.05, 0) is 6.92 Å². The van der Waals surface area contributed by atoms with E-state index in [4.69, 9.17) is 7.85 Å². The van der Waals surface area contributed by atoms with Crippen molar-refractivity contribution in [2.24, 2.45) is 0 Å². The molecule has 3 nitrogen and oxygen atoms in total. The highest BCUT2D eigenvalue weighted by atomic mass is 32.1. The van der Waals surface area contributed by atoms with Crippen LogP contribution in [0, 0.1) is 6.92 Å². The summed E-state index contributed by atoms with van der Waals surface area (Å²) in [5.74, 6) is -0.423. The van der Waals surface area contributed by atoms with Gasteiger partial charge in [-0.15, -0.1) is 11.3 Å². The zero-order valence-electron chi connectivity index (χ0n) is 6.25. The Morgan fingerprint density at radius 2 is 2.36 bits per heavy atom. The van der Waals surface area contributed by atoms with Crippen molar-refractivity contribution in [3.63, 3.8) is 0 Å². The average Bonchev–Trinajstić information content (AvgIpc) is 2.28. The summed E-state index contributed by atoms with van der Waals surface area (Å²) in [5.41, 5.74) is 0.249. The van der Waals surface area contributed by atoms with Gasteiger partial charge in [0.2, 0.25) is 0 Å². The monoisotopic (exact) mass is 167 g/mol. The van der Waals surface area contributed by atoms with Crippen molar-refractivity contribution in [1.82, 2.24) is 4.98 Å². The molecule has 0 atom stereocenters. The molecule has 11 heavy (non-hydrogen) atoms. The summed E-state index contributed by atoms with van der Waals surface area (Å²) >= 11 is 1.24. The Morgan fingerprint density at radius 3 is 2.73 bits per heavy atom. The van der Waals surface area contributed by atoms with Gasteiger partial charge < -0.3 is 4.74 Å². The molecular weight excluding hydrogens is 161 g/mol. The molecule has 56 valence electrons. The van der Waals surface area contributed by atoms with E-state index in [0.29, 0.717) is 4.88 Å². The summed E-state index contributed by atoms with van der Waals surface area (Å²) in [7, 11) is 6.73. The summed E-state index contributed by atoms with van der Waals surface area (Å²) < 4.78 is 4.48. The van der Waals surface area contributed by atoms with E-state index >= 15 is 0 Å². The largest absolute Gasteiger partial charge is 0.465 e. The molecule has 0 bridgehead atoms. The SMILES string of the molecule is [B]c1nc(C)sc1C(=O)OC. The molecule has 0 aliphatic carbocycles. The second-order valence-corrected chi connectivity index (χ2v) is 3.14. The molecule has 0 aliphatic rings. The molecule has 0 amide bonds. The standard InChI is InChI=1S/C6H6BNO2S/c1-3-8-5(7)4(11-3)6(9)10-2/h1-2H3. The molecule has 1 aromatic heterocycles. The molecule has 0 aromatic carbocycles. The summed E-state index contributed by atoms with van der Waals surface area (Å²) in [5, 5.41) is 0.767. The molecule has 1 rings (SSSR count). The zero-order chi connectivity index (χ0) is 8.43. The van der Waals surface area contributed by atoms with E-state index in [1.54, 1.807) is 6.92 Å². The van der Waals surface area contributed by atoms with Crippen molar-refractivity contribution in [2.75, 3.05) is 7.11 Å². The van der Waals surface area contributed by atoms with Gasteiger partial charge in [-0.25, -0.2) is 4.79 Å². The Bertz CT molecular complexity index is 284. The first-order chi connectivity index (χ1) is 5.15. The van der Waals surface area contributed by atoms with Crippen LogP contribution in [-0.2, 0) is 4.74 Å². The van der Waals surface area contributed by atoms with Crippen LogP contribution >= 0.6 is 11.3 Å². The predicted octanol–water partition coefficient (Wildman–Crippen LogP) is 0.0319. The first kappa shape index (κ1) is 8.26. The number of rotatable bonds is 1. The van der Waals surface area contributed by atoms with Crippen LogP contribution in [0.5, 0.6) is 0 Å². The third-order valence-electron chi connectivity index (χ3n) is 1.13. The van der Waals surface area contributed by atoms with E-state index < -0.39 is 5.97 Å². The first-order valence-electron chi connectivity index (χ1n) is 2.96. The molecule has 2 radical (unpaired) electrons. The number of hydrogen-bond acceptors (Lipinski definition) is 4. The fourth-order valence-corrected chi connectivity index (χ4v) is 1.44. The number of carbonyl (C=O) groups excluding carboxylic acids is 1. The number of methoxy groups -OCH3 is 1. The van der Waals surface area contributed by atoms with E-state index in [9.17, 15) is 4.79 Å². The lowest BCUT2D eigenvalue weighted by Gasteiger charge is -1.93. The van der Waals surface area contributed by atoms with E-state index in [2.05, 4.69) is 9.72 Å². The van der Waals surface area contributed by atoms with E-state index in [0.717, 1.165) is 5.01 Å². The maximum Gasteiger partial charge on any atom is 0.349 e. The first-order valence-corrected chi connectivity index (χ1v) is 3.78. The summed E-state index contributed by atoms with van der Waals surface area (Å²) in [6.07, 6.45) is 0. The zero-order valence-corrected chi connectivity index (χ0v) is 7.07. The van der Waals surface area contributed by atoms with Crippen LogP contribution in [0.3, 0.4) is 0 Å². The number of thiazole rings is 1. The van der Waals surface area contributed by atoms with E-state index in [1.807, 2.05) is 0 Å². The van der Waals surface area contributed by atoms with Crippen molar-refractivity contribution in [1.29, 1.82) is 0 Å². The van der Waals surface area contributed by atoms with Gasteiger partial charge in [0.05, 0.1) is 12.1 Å². The molecule has 0 fully saturated rings. The quantitative estimate of drug-likeness (QED) is 0.437. The maximum absolute atomic E-state index is 10.9. The van der Waals surface area contributed by atoms with Crippen LogP contribution in [0.1, 0.15) is 14.7 Å². The Morgan fingerprint density at radius 1 is 1.73 bits per heavy atom. The van der Waals surface area contributed by atoms with E-state index in [1.165, 1.54) is 18.4 Å². The molecular formula is C6H6BNO2S. The molecule has 0 spiro atoms. The average molecular weight is 167 g/mol. The van der Waals surface area contributed by atoms with Crippen LogP contribution in [0.4, 0.5) is 0 Å². The lowest BCUT2D eigenvalue weighted by Crippen LogP contribution is -2.14. The molecule has 0 N–H and O–H groups in total. The normalized spacial score (nSPS) is 9.64.